The highest BCUT2D eigenvalue weighted by Gasteiger charge is 2.17. The van der Waals surface area contributed by atoms with Crippen molar-refractivity contribution >= 4 is 41.1 Å². The van der Waals surface area contributed by atoms with Gasteiger partial charge in [0.2, 0.25) is 5.91 Å². The maximum Gasteiger partial charge on any atom is 0.338 e. The van der Waals surface area contributed by atoms with E-state index in [1.165, 1.54) is 17.3 Å². The van der Waals surface area contributed by atoms with Gasteiger partial charge in [-0.2, -0.15) is 0 Å². The van der Waals surface area contributed by atoms with E-state index in [0.29, 0.717) is 28.8 Å². The number of hydrogen-bond donors (Lipinski definition) is 1. The zero-order valence-corrected chi connectivity index (χ0v) is 23.1. The van der Waals surface area contributed by atoms with Gasteiger partial charge in [-0.25, -0.2) is 4.79 Å². The van der Waals surface area contributed by atoms with Crippen LogP contribution in [0.15, 0.2) is 88.9 Å². The quantitative estimate of drug-likeness (QED) is 0.122. The largest absolute Gasteiger partial charge is 0.462 e. The number of nitrogens with one attached hydrogen (secondary N) is 1. The van der Waals surface area contributed by atoms with Crippen molar-refractivity contribution in [1.29, 1.82) is 0 Å². The third kappa shape index (κ3) is 7.72. The summed E-state index contributed by atoms with van der Waals surface area (Å²) in [5.41, 5.74) is 3.11. The molecule has 0 aliphatic carbocycles. The minimum atomic E-state index is -0.393. The van der Waals surface area contributed by atoms with Crippen LogP contribution in [0.3, 0.4) is 0 Å². The Morgan fingerprint density at radius 2 is 1.74 bits per heavy atom. The summed E-state index contributed by atoms with van der Waals surface area (Å²) in [5.74, 6) is 0.986. The number of unbranched alkanes of at least 4 members (excludes halogenated alkanes) is 1. The Labute approximate surface area is 231 Å². The predicted molar refractivity (Wildman–Crippen MR) is 153 cm³/mol. The summed E-state index contributed by atoms with van der Waals surface area (Å²) in [4.78, 5) is 26.2. The molecule has 1 aromatic heterocycles. The molecular formula is C29H30N4O3S2. The van der Waals surface area contributed by atoms with E-state index in [9.17, 15) is 9.59 Å². The molecule has 0 saturated carbocycles. The standard InChI is InChI=1S/C29H30N4O3S2/c1-3-4-17-36-28(35)22-9-8-10-23(18-22)30-27(34)20-38-29-32-31-26(33(29)24-11-6-5-7-12-24)19-37-25-15-13-21(2)14-16-25/h5-16,18H,3-4,17,19-20H2,1-2H3,(H,30,34). The Bertz CT molecular complexity index is 1360. The highest BCUT2D eigenvalue weighted by Crippen LogP contribution is 2.27. The number of esters is 1. The first-order valence-corrected chi connectivity index (χ1v) is 14.4. The lowest BCUT2D eigenvalue weighted by atomic mass is 10.2. The minimum Gasteiger partial charge on any atom is -0.462 e. The maximum atomic E-state index is 12.8. The van der Waals surface area contributed by atoms with E-state index in [1.807, 2.05) is 41.8 Å². The predicted octanol–water partition coefficient (Wildman–Crippen LogP) is 6.56. The molecule has 38 heavy (non-hydrogen) atoms. The van der Waals surface area contributed by atoms with Gasteiger partial charge in [-0.3, -0.25) is 9.36 Å². The highest BCUT2D eigenvalue weighted by atomic mass is 32.2. The number of carbonyl (C=O) groups excluding carboxylic acids is 2. The Hall–Kier alpha value is -3.56. The molecule has 9 heteroatoms. The van der Waals surface area contributed by atoms with Crippen molar-refractivity contribution in [2.24, 2.45) is 0 Å². The van der Waals surface area contributed by atoms with Crippen LogP contribution in [0.1, 0.15) is 41.5 Å². The number of amides is 1. The lowest BCUT2D eigenvalue weighted by Gasteiger charge is -2.11. The lowest BCUT2D eigenvalue weighted by Crippen LogP contribution is -2.15. The van der Waals surface area contributed by atoms with Crippen molar-refractivity contribution < 1.29 is 14.3 Å². The second kappa shape index (κ2) is 13.8. The van der Waals surface area contributed by atoms with Gasteiger partial charge in [-0.15, -0.1) is 22.0 Å². The number of para-hydroxylation sites is 1. The molecule has 1 N–H and O–H groups in total. The number of hydrogen-bond acceptors (Lipinski definition) is 7. The fourth-order valence-electron chi connectivity index (χ4n) is 3.55. The van der Waals surface area contributed by atoms with E-state index in [0.717, 1.165) is 29.2 Å². The number of thioether (sulfide) groups is 2. The fourth-order valence-corrected chi connectivity index (χ4v) is 5.13. The molecule has 0 bridgehead atoms. The van der Waals surface area contributed by atoms with Gasteiger partial charge in [-0.1, -0.05) is 67.1 Å². The van der Waals surface area contributed by atoms with Gasteiger partial charge < -0.3 is 10.1 Å². The van der Waals surface area contributed by atoms with Gasteiger partial charge in [0.25, 0.3) is 0 Å². The number of rotatable bonds is 12. The Morgan fingerprint density at radius 3 is 2.50 bits per heavy atom. The van der Waals surface area contributed by atoms with Gasteiger partial charge in [0.15, 0.2) is 5.16 Å². The molecule has 0 atom stereocenters. The summed E-state index contributed by atoms with van der Waals surface area (Å²) in [6.07, 6.45) is 1.77. The summed E-state index contributed by atoms with van der Waals surface area (Å²) >= 11 is 3.00. The fraction of sp³-hybridized carbons (Fsp3) is 0.241. The van der Waals surface area contributed by atoms with Crippen molar-refractivity contribution in [3.8, 4) is 5.69 Å². The van der Waals surface area contributed by atoms with Crippen LogP contribution in [0.2, 0.25) is 0 Å². The van der Waals surface area contributed by atoms with Crippen LogP contribution in [0.4, 0.5) is 5.69 Å². The summed E-state index contributed by atoms with van der Waals surface area (Å²) in [6.45, 7) is 4.49. The molecule has 0 unspecified atom stereocenters. The molecule has 7 nitrogen and oxygen atoms in total. The first-order chi connectivity index (χ1) is 18.5. The Balaban J connectivity index is 1.41. The van der Waals surface area contributed by atoms with Gasteiger partial charge >= 0.3 is 5.97 Å². The molecule has 0 fully saturated rings. The van der Waals surface area contributed by atoms with Gasteiger partial charge in [0, 0.05) is 16.3 Å². The molecule has 1 amide bonds. The number of ether oxygens (including phenoxy) is 1. The molecule has 196 valence electrons. The highest BCUT2D eigenvalue weighted by molar-refractivity contribution is 7.99. The van der Waals surface area contributed by atoms with Crippen LogP contribution < -0.4 is 5.32 Å². The van der Waals surface area contributed by atoms with Gasteiger partial charge in [0.05, 0.1) is 23.7 Å². The number of aryl methyl sites for hydroxylation is 1. The van der Waals surface area contributed by atoms with Crippen LogP contribution in [0, 0.1) is 6.92 Å². The smallest absolute Gasteiger partial charge is 0.338 e. The number of anilines is 1. The Morgan fingerprint density at radius 1 is 0.947 bits per heavy atom. The Kier molecular flexibility index (Phi) is 10.0. The normalized spacial score (nSPS) is 10.8. The molecule has 0 aliphatic rings. The molecule has 3 aromatic carbocycles. The maximum absolute atomic E-state index is 12.8. The molecule has 0 radical (unpaired) electrons. The van der Waals surface area contributed by atoms with Crippen molar-refractivity contribution in [2.45, 2.75) is 42.5 Å². The molecule has 1 heterocycles. The summed E-state index contributed by atoms with van der Waals surface area (Å²) < 4.78 is 7.26. The number of nitrogens with zero attached hydrogens (tertiary/aromatic N) is 3. The molecule has 4 rings (SSSR count). The van der Waals surface area contributed by atoms with Crippen molar-refractivity contribution in [1.82, 2.24) is 14.8 Å². The number of aromatic nitrogens is 3. The molecule has 0 saturated heterocycles. The zero-order valence-electron chi connectivity index (χ0n) is 21.4. The third-order valence-electron chi connectivity index (χ3n) is 5.55. The van der Waals surface area contributed by atoms with Crippen molar-refractivity contribution in [3.63, 3.8) is 0 Å². The second-order valence-electron chi connectivity index (χ2n) is 8.58. The van der Waals surface area contributed by atoms with E-state index in [1.54, 1.807) is 36.0 Å². The lowest BCUT2D eigenvalue weighted by molar-refractivity contribution is -0.113. The van der Waals surface area contributed by atoms with Gasteiger partial charge in [0.1, 0.15) is 5.82 Å². The second-order valence-corrected chi connectivity index (χ2v) is 10.6. The van der Waals surface area contributed by atoms with Crippen LogP contribution in [0.25, 0.3) is 5.69 Å². The monoisotopic (exact) mass is 546 g/mol. The minimum absolute atomic E-state index is 0.140. The van der Waals surface area contributed by atoms with E-state index in [2.05, 4.69) is 46.7 Å². The van der Waals surface area contributed by atoms with E-state index in [-0.39, 0.29) is 11.7 Å². The van der Waals surface area contributed by atoms with Crippen molar-refractivity contribution in [2.75, 3.05) is 17.7 Å². The van der Waals surface area contributed by atoms with E-state index in [4.69, 9.17) is 4.74 Å². The average molecular weight is 547 g/mol. The van der Waals surface area contributed by atoms with Crippen LogP contribution in [0.5, 0.6) is 0 Å². The molecule has 4 aromatic rings. The topological polar surface area (TPSA) is 86.1 Å². The molecule has 0 aliphatic heterocycles. The first kappa shape index (κ1) is 27.5. The van der Waals surface area contributed by atoms with E-state index >= 15 is 0 Å². The summed E-state index contributed by atoms with van der Waals surface area (Å²) in [6, 6.07) is 25.1. The summed E-state index contributed by atoms with van der Waals surface area (Å²) in [5, 5.41) is 12.3. The third-order valence-corrected chi connectivity index (χ3v) is 7.49. The van der Waals surface area contributed by atoms with Crippen molar-refractivity contribution in [3.05, 3.63) is 95.8 Å². The summed E-state index contributed by atoms with van der Waals surface area (Å²) in [7, 11) is 0. The first-order valence-electron chi connectivity index (χ1n) is 12.4. The average Bonchev–Trinajstić information content (AvgIpc) is 3.35. The van der Waals surface area contributed by atoms with Crippen LogP contribution in [-0.2, 0) is 15.3 Å². The molecular weight excluding hydrogens is 516 g/mol. The number of benzene rings is 3. The van der Waals surface area contributed by atoms with E-state index < -0.39 is 5.97 Å². The zero-order chi connectivity index (χ0) is 26.7. The SMILES string of the molecule is CCCCOC(=O)c1cccc(NC(=O)CSc2nnc(CSc3ccc(C)cc3)n2-c2ccccc2)c1. The molecule has 0 spiro atoms. The van der Waals surface area contributed by atoms with Crippen LogP contribution in [-0.4, -0.2) is 39.0 Å². The van der Waals surface area contributed by atoms with Gasteiger partial charge in [-0.05, 0) is 55.8 Å². The van der Waals surface area contributed by atoms with Crippen LogP contribution >= 0.6 is 23.5 Å². The number of carbonyl (C=O) groups is 2.